The van der Waals surface area contributed by atoms with Crippen LogP contribution in [0.5, 0.6) is 0 Å². The fraction of sp³-hybridized carbons (Fsp3) is 0.625. The number of alkyl halides is 5. The maximum Gasteiger partial charge on any atom is 0.416 e. The predicted octanol–water partition coefficient (Wildman–Crippen LogP) is 4.65. The molecule has 0 amide bonds. The summed E-state index contributed by atoms with van der Waals surface area (Å²) in [5, 5.41) is 6.86. The van der Waals surface area contributed by atoms with Gasteiger partial charge in [-0.2, -0.15) is 17.5 Å². The first-order chi connectivity index (χ1) is 18.0. The quantitative estimate of drug-likeness (QED) is 0.341. The van der Waals surface area contributed by atoms with Crippen LogP contribution < -0.4 is 0 Å². The van der Waals surface area contributed by atoms with E-state index in [1.165, 1.54) is 15.2 Å². The Morgan fingerprint density at radius 3 is 2.23 bits per heavy atom. The Morgan fingerprint density at radius 2 is 1.72 bits per heavy atom. The van der Waals surface area contributed by atoms with Crippen molar-refractivity contribution in [3.63, 3.8) is 0 Å². The summed E-state index contributed by atoms with van der Waals surface area (Å²) in [4.78, 5) is 15.1. The largest absolute Gasteiger partial charge is 0.416 e. The van der Waals surface area contributed by atoms with Crippen molar-refractivity contribution in [3.8, 4) is 0 Å². The fourth-order valence-electron chi connectivity index (χ4n) is 5.62. The van der Waals surface area contributed by atoms with Gasteiger partial charge in [-0.05, 0) is 37.0 Å². The molecule has 1 saturated carbocycles. The zero-order chi connectivity index (χ0) is 28.8. The molecule has 216 valence electrons. The Kier molecular flexibility index (Phi) is 8.16. The van der Waals surface area contributed by atoms with Gasteiger partial charge in [-0.1, -0.05) is 23.7 Å². The highest BCUT2D eigenvalue weighted by atomic mass is 35.5. The van der Waals surface area contributed by atoms with Gasteiger partial charge in [0.1, 0.15) is 0 Å². The van der Waals surface area contributed by atoms with Gasteiger partial charge < -0.3 is 0 Å². The monoisotopic (exact) mass is 597 g/mol. The summed E-state index contributed by atoms with van der Waals surface area (Å²) < 4.78 is 95.9. The van der Waals surface area contributed by atoms with E-state index in [1.807, 2.05) is 4.90 Å². The van der Waals surface area contributed by atoms with Gasteiger partial charge in [0.25, 0.3) is 10.0 Å². The van der Waals surface area contributed by atoms with Crippen LogP contribution >= 0.6 is 11.6 Å². The molecule has 1 aliphatic carbocycles. The number of carbonyl (C=O) groups is 1. The highest BCUT2D eigenvalue weighted by Crippen LogP contribution is 2.47. The van der Waals surface area contributed by atoms with Crippen molar-refractivity contribution in [1.82, 2.24) is 24.2 Å². The fourth-order valence-corrected chi connectivity index (χ4v) is 7.24. The maximum absolute atomic E-state index is 14.2. The van der Waals surface area contributed by atoms with Crippen molar-refractivity contribution in [2.45, 2.75) is 61.7 Å². The van der Waals surface area contributed by atoms with Crippen molar-refractivity contribution < 1.29 is 35.2 Å². The molecule has 8 nitrogen and oxygen atoms in total. The smallest absolute Gasteiger partial charge is 0.295 e. The average molecular weight is 598 g/mol. The number of sulfonamides is 1. The number of hydrogen-bond donors (Lipinski definition) is 0. The van der Waals surface area contributed by atoms with Crippen LogP contribution in [0.15, 0.2) is 29.4 Å². The van der Waals surface area contributed by atoms with Crippen molar-refractivity contribution in [2.24, 2.45) is 13.0 Å². The van der Waals surface area contributed by atoms with Gasteiger partial charge in [0.05, 0.1) is 16.8 Å². The van der Waals surface area contributed by atoms with Crippen molar-refractivity contribution in [1.29, 1.82) is 0 Å². The van der Waals surface area contributed by atoms with E-state index in [0.29, 0.717) is 6.07 Å². The number of ketones is 1. The molecule has 1 aromatic heterocycles. The Balaban J connectivity index is 1.52. The van der Waals surface area contributed by atoms with E-state index >= 15 is 0 Å². The minimum atomic E-state index is -4.61. The molecule has 1 aromatic carbocycles. The number of aromatic nitrogens is 3. The molecule has 2 aliphatic rings. The summed E-state index contributed by atoms with van der Waals surface area (Å²) in [5.74, 6) is -3.79. The third-order valence-electron chi connectivity index (χ3n) is 7.91. The van der Waals surface area contributed by atoms with E-state index < -0.39 is 44.9 Å². The minimum Gasteiger partial charge on any atom is -0.295 e. The third-order valence-corrected chi connectivity index (χ3v) is 9.98. The summed E-state index contributed by atoms with van der Waals surface area (Å²) in [6.07, 6.45) is -4.02. The Morgan fingerprint density at radius 1 is 1.10 bits per heavy atom. The van der Waals surface area contributed by atoms with E-state index in [0.717, 1.165) is 12.1 Å². The molecular weight excluding hydrogens is 569 g/mol. The number of hydrogen-bond acceptors (Lipinski definition) is 6. The lowest BCUT2D eigenvalue weighted by atomic mass is 9.69. The SMILES string of the molecule is CC(CC(=O)c1ccc(C(F)(F)F)cc1Cl)C1(N2CCN(S(=O)(=O)c3cn(C)nn3)CC2)CCC(F)(F)CC1. The van der Waals surface area contributed by atoms with E-state index in [9.17, 15) is 35.2 Å². The summed E-state index contributed by atoms with van der Waals surface area (Å²) in [6.45, 7) is 2.47. The molecule has 2 aromatic rings. The first-order valence-corrected chi connectivity index (χ1v) is 14.3. The standard InChI is InChI=1S/C24H29ClF5N5O3S/c1-16(13-20(36)18-4-3-17(14-19(18)25)24(28,29)30)22(5-7-23(26,27)8-6-22)34-9-11-35(12-10-34)39(37,38)21-15-33(2)32-31-21/h3-4,14-16H,5-13H2,1-2H3. The summed E-state index contributed by atoms with van der Waals surface area (Å²) in [7, 11) is -2.34. The lowest BCUT2D eigenvalue weighted by molar-refractivity contribution is -0.137. The Hall–Kier alpha value is -2.16. The molecule has 2 heterocycles. The van der Waals surface area contributed by atoms with Gasteiger partial charge in [-0.25, -0.2) is 17.2 Å². The number of benzene rings is 1. The van der Waals surface area contributed by atoms with Crippen molar-refractivity contribution in [3.05, 3.63) is 40.5 Å². The van der Waals surface area contributed by atoms with Gasteiger partial charge >= 0.3 is 6.18 Å². The topological polar surface area (TPSA) is 88.4 Å². The Bertz CT molecular complexity index is 1320. The highest BCUT2D eigenvalue weighted by Gasteiger charge is 2.50. The maximum atomic E-state index is 14.2. The molecule has 1 saturated heterocycles. The van der Waals surface area contributed by atoms with E-state index in [1.54, 1.807) is 14.0 Å². The molecule has 0 spiro atoms. The van der Waals surface area contributed by atoms with Crippen LogP contribution in [0.25, 0.3) is 0 Å². The molecule has 0 N–H and O–H groups in total. The Labute approximate surface area is 228 Å². The van der Waals surface area contributed by atoms with Crippen LogP contribution in [-0.2, 0) is 23.2 Å². The first kappa shape index (κ1) is 29.8. The van der Waals surface area contributed by atoms with Crippen LogP contribution in [0.2, 0.25) is 5.02 Å². The molecule has 0 radical (unpaired) electrons. The van der Waals surface area contributed by atoms with Gasteiger partial charge in [0.2, 0.25) is 10.9 Å². The second-order valence-corrected chi connectivity index (χ2v) is 12.6. The zero-order valence-electron chi connectivity index (χ0n) is 21.4. The normalized spacial score (nSPS) is 21.5. The molecule has 15 heteroatoms. The lowest BCUT2D eigenvalue weighted by Crippen LogP contribution is -2.62. The molecular formula is C24H29ClF5N5O3S. The second kappa shape index (κ2) is 10.7. The average Bonchev–Trinajstić information content (AvgIpc) is 3.31. The third kappa shape index (κ3) is 6.13. The molecule has 1 atom stereocenters. The number of rotatable bonds is 7. The van der Waals surface area contributed by atoms with Crippen LogP contribution in [0.3, 0.4) is 0 Å². The number of aryl methyl sites for hydroxylation is 1. The lowest BCUT2D eigenvalue weighted by Gasteiger charge is -2.53. The van der Waals surface area contributed by atoms with Gasteiger partial charge in [0.15, 0.2) is 5.78 Å². The summed E-state index contributed by atoms with van der Waals surface area (Å²) in [6, 6.07) is 2.53. The van der Waals surface area contributed by atoms with Gasteiger partial charge in [-0.15, -0.1) is 5.10 Å². The number of halogens is 6. The van der Waals surface area contributed by atoms with Crippen molar-refractivity contribution in [2.75, 3.05) is 26.2 Å². The molecule has 1 aliphatic heterocycles. The predicted molar refractivity (Wildman–Crippen MR) is 132 cm³/mol. The van der Waals surface area contributed by atoms with Gasteiger partial charge in [-0.3, -0.25) is 14.4 Å². The number of carbonyl (C=O) groups excluding carboxylic acids is 1. The van der Waals surface area contributed by atoms with E-state index in [4.69, 9.17) is 11.6 Å². The summed E-state index contributed by atoms with van der Waals surface area (Å²) >= 11 is 6.03. The summed E-state index contributed by atoms with van der Waals surface area (Å²) in [5.41, 5.74) is -1.86. The minimum absolute atomic E-state index is 0.0623. The number of piperazine rings is 1. The second-order valence-electron chi connectivity index (χ2n) is 10.3. The molecule has 4 rings (SSSR count). The van der Waals surface area contributed by atoms with Crippen molar-refractivity contribution >= 4 is 27.4 Å². The molecule has 1 unspecified atom stereocenters. The van der Waals surface area contributed by atoms with E-state index in [-0.39, 0.29) is 73.9 Å². The number of Topliss-reactive ketones (excluding diaryl/α,β-unsaturated/α-hetero) is 1. The molecule has 0 bridgehead atoms. The molecule has 39 heavy (non-hydrogen) atoms. The van der Waals surface area contributed by atoms with Crippen LogP contribution in [0.4, 0.5) is 22.0 Å². The van der Waals surface area contributed by atoms with Gasteiger partial charge in [0, 0.05) is 63.6 Å². The highest BCUT2D eigenvalue weighted by molar-refractivity contribution is 7.89. The zero-order valence-corrected chi connectivity index (χ0v) is 23.0. The van der Waals surface area contributed by atoms with Crippen LogP contribution in [0.1, 0.15) is 54.9 Å². The number of nitrogens with zero attached hydrogens (tertiary/aromatic N) is 5. The first-order valence-electron chi connectivity index (χ1n) is 12.4. The van der Waals surface area contributed by atoms with E-state index in [2.05, 4.69) is 10.3 Å². The molecule has 2 fully saturated rings. The van der Waals surface area contributed by atoms with Crippen LogP contribution in [-0.4, -0.2) is 76.0 Å². The van der Waals surface area contributed by atoms with Crippen LogP contribution in [0, 0.1) is 5.92 Å².